The van der Waals surface area contributed by atoms with E-state index in [1.165, 1.54) is 0 Å². The number of nitrogens with zero attached hydrogens (tertiary/aromatic N) is 1. The van der Waals surface area contributed by atoms with Gasteiger partial charge in [0.15, 0.2) is 5.11 Å². The van der Waals surface area contributed by atoms with Crippen LogP contribution < -0.4 is 20.3 Å². The van der Waals surface area contributed by atoms with Gasteiger partial charge in [-0.3, -0.25) is 14.9 Å². The normalized spacial score (nSPS) is 10.2. The highest BCUT2D eigenvalue weighted by Gasteiger charge is 2.19. The van der Waals surface area contributed by atoms with Crippen molar-refractivity contribution in [2.24, 2.45) is 0 Å². The van der Waals surface area contributed by atoms with Crippen molar-refractivity contribution in [3.63, 3.8) is 0 Å². The van der Waals surface area contributed by atoms with E-state index in [1.54, 1.807) is 48.3 Å². The molecule has 0 aliphatic carbocycles. The first-order chi connectivity index (χ1) is 16.0. The van der Waals surface area contributed by atoms with Gasteiger partial charge in [-0.15, -0.1) is 0 Å². The Morgan fingerprint density at radius 2 is 1.52 bits per heavy atom. The maximum absolute atomic E-state index is 12.9. The Hall–Kier alpha value is -3.71. The van der Waals surface area contributed by atoms with Gasteiger partial charge in [-0.1, -0.05) is 61.5 Å². The van der Waals surface area contributed by atoms with E-state index < -0.39 is 0 Å². The third-order valence-electron chi connectivity index (χ3n) is 4.92. The number of hydrogen-bond acceptors (Lipinski definition) is 4. The molecule has 0 unspecified atom stereocenters. The standard InChI is InChI=1S/C26H27N3O3S/c1-3-17-32-23-16-10-8-14-21(23)25(31)28-26(33)29(2)22-15-9-7-13-20(22)24(30)27-18-19-11-5-4-6-12-19/h4-16H,3,17-18H2,1-2H3,(H,27,30)(H,28,31,33). The van der Waals surface area contributed by atoms with E-state index in [0.29, 0.717) is 35.7 Å². The molecule has 0 saturated carbocycles. The molecule has 0 bridgehead atoms. The van der Waals surface area contributed by atoms with Crippen LogP contribution in [0.2, 0.25) is 0 Å². The zero-order valence-electron chi connectivity index (χ0n) is 18.7. The molecular weight excluding hydrogens is 434 g/mol. The molecule has 0 heterocycles. The zero-order valence-corrected chi connectivity index (χ0v) is 19.5. The molecule has 6 nitrogen and oxygen atoms in total. The van der Waals surface area contributed by atoms with E-state index in [2.05, 4.69) is 10.6 Å². The van der Waals surface area contributed by atoms with Crippen molar-refractivity contribution < 1.29 is 14.3 Å². The van der Waals surface area contributed by atoms with E-state index in [-0.39, 0.29) is 16.9 Å². The maximum Gasteiger partial charge on any atom is 0.261 e. The minimum Gasteiger partial charge on any atom is -0.493 e. The first kappa shape index (κ1) is 23.9. The number of thiocarbonyl (C=S) groups is 1. The third-order valence-corrected chi connectivity index (χ3v) is 5.30. The molecule has 33 heavy (non-hydrogen) atoms. The van der Waals surface area contributed by atoms with Gasteiger partial charge in [0.1, 0.15) is 5.75 Å². The minimum absolute atomic E-state index is 0.175. The minimum atomic E-state index is -0.371. The molecule has 0 spiro atoms. The molecule has 0 saturated heterocycles. The lowest BCUT2D eigenvalue weighted by Crippen LogP contribution is -2.41. The molecule has 0 aliphatic rings. The van der Waals surface area contributed by atoms with Gasteiger partial charge >= 0.3 is 0 Å². The maximum atomic E-state index is 12.9. The van der Waals surface area contributed by atoms with Crippen LogP contribution in [-0.2, 0) is 6.54 Å². The Balaban J connectivity index is 1.71. The number of nitrogens with one attached hydrogen (secondary N) is 2. The summed E-state index contributed by atoms with van der Waals surface area (Å²) in [6.07, 6.45) is 0.834. The van der Waals surface area contributed by atoms with Crippen molar-refractivity contribution in [1.82, 2.24) is 10.6 Å². The van der Waals surface area contributed by atoms with Gasteiger partial charge in [0.05, 0.1) is 23.4 Å². The van der Waals surface area contributed by atoms with Crippen LogP contribution in [0.25, 0.3) is 0 Å². The summed E-state index contributed by atoms with van der Waals surface area (Å²) in [6.45, 7) is 2.92. The van der Waals surface area contributed by atoms with E-state index >= 15 is 0 Å². The predicted molar refractivity (Wildman–Crippen MR) is 135 cm³/mol. The van der Waals surface area contributed by atoms with Crippen LogP contribution in [0.15, 0.2) is 78.9 Å². The van der Waals surface area contributed by atoms with Crippen molar-refractivity contribution in [2.75, 3.05) is 18.6 Å². The number of para-hydroxylation sites is 2. The van der Waals surface area contributed by atoms with E-state index in [4.69, 9.17) is 17.0 Å². The second kappa shape index (κ2) is 11.8. The number of amides is 2. The van der Waals surface area contributed by atoms with Crippen molar-refractivity contribution in [3.05, 3.63) is 95.6 Å². The first-order valence-electron chi connectivity index (χ1n) is 10.7. The van der Waals surface area contributed by atoms with Crippen LogP contribution in [0.3, 0.4) is 0 Å². The fourth-order valence-corrected chi connectivity index (χ4v) is 3.37. The molecular formula is C26H27N3O3S. The summed E-state index contributed by atoms with van der Waals surface area (Å²) in [6, 6.07) is 23.8. The molecule has 170 valence electrons. The Kier molecular flexibility index (Phi) is 8.55. The molecule has 0 aliphatic heterocycles. The fourth-order valence-electron chi connectivity index (χ4n) is 3.18. The van der Waals surface area contributed by atoms with E-state index in [0.717, 1.165) is 12.0 Å². The molecule has 0 fully saturated rings. The Morgan fingerprint density at radius 3 is 2.24 bits per heavy atom. The van der Waals surface area contributed by atoms with Crippen LogP contribution in [0.1, 0.15) is 39.6 Å². The number of carbonyl (C=O) groups is 2. The topological polar surface area (TPSA) is 70.7 Å². The summed E-state index contributed by atoms with van der Waals surface area (Å²) < 4.78 is 5.68. The number of benzene rings is 3. The summed E-state index contributed by atoms with van der Waals surface area (Å²) in [5, 5.41) is 5.85. The molecule has 2 N–H and O–H groups in total. The average molecular weight is 462 g/mol. The van der Waals surface area contributed by atoms with Crippen molar-refractivity contribution in [1.29, 1.82) is 0 Å². The van der Waals surface area contributed by atoms with Crippen LogP contribution in [0.5, 0.6) is 5.75 Å². The van der Waals surface area contributed by atoms with Crippen LogP contribution in [0, 0.1) is 0 Å². The third kappa shape index (κ3) is 6.40. The molecule has 7 heteroatoms. The summed E-state index contributed by atoms with van der Waals surface area (Å²) in [5.41, 5.74) is 2.45. The predicted octanol–water partition coefficient (Wildman–Crippen LogP) is 4.56. The van der Waals surface area contributed by atoms with Crippen LogP contribution >= 0.6 is 12.2 Å². The molecule has 0 aromatic heterocycles. The van der Waals surface area contributed by atoms with Crippen molar-refractivity contribution in [3.8, 4) is 5.75 Å². The molecule has 0 radical (unpaired) electrons. The highest BCUT2D eigenvalue weighted by molar-refractivity contribution is 7.80. The summed E-state index contributed by atoms with van der Waals surface area (Å²) >= 11 is 5.47. The monoisotopic (exact) mass is 461 g/mol. The van der Waals surface area contributed by atoms with E-state index in [1.807, 2.05) is 49.4 Å². The van der Waals surface area contributed by atoms with Gasteiger partial charge in [0.2, 0.25) is 0 Å². The van der Waals surface area contributed by atoms with E-state index in [9.17, 15) is 9.59 Å². The molecule has 0 atom stereocenters. The quantitative estimate of drug-likeness (QED) is 0.482. The lowest BCUT2D eigenvalue weighted by Gasteiger charge is -2.23. The van der Waals surface area contributed by atoms with Crippen LogP contribution in [0.4, 0.5) is 5.69 Å². The molecule has 3 aromatic rings. The molecule has 3 rings (SSSR count). The van der Waals surface area contributed by atoms with Gasteiger partial charge in [-0.25, -0.2) is 0 Å². The SMILES string of the molecule is CCCOc1ccccc1C(=O)NC(=S)N(C)c1ccccc1C(=O)NCc1ccccc1. The first-order valence-corrected chi connectivity index (χ1v) is 11.1. The van der Waals surface area contributed by atoms with Crippen LogP contribution in [-0.4, -0.2) is 30.6 Å². The molecule has 2 amide bonds. The summed E-state index contributed by atoms with van der Waals surface area (Å²) in [4.78, 5) is 27.3. The van der Waals surface area contributed by atoms with Gasteiger partial charge in [-0.05, 0) is 48.5 Å². The summed E-state index contributed by atoms with van der Waals surface area (Å²) in [7, 11) is 1.71. The number of carbonyl (C=O) groups excluding carboxylic acids is 2. The fraction of sp³-hybridized carbons (Fsp3) is 0.192. The molecule has 3 aromatic carbocycles. The second-order valence-corrected chi connectivity index (χ2v) is 7.74. The number of rotatable bonds is 8. The Labute approximate surface area is 199 Å². The van der Waals surface area contributed by atoms with Gasteiger partial charge in [0, 0.05) is 13.6 Å². The van der Waals surface area contributed by atoms with Crippen molar-refractivity contribution in [2.45, 2.75) is 19.9 Å². The average Bonchev–Trinajstić information content (AvgIpc) is 2.86. The summed E-state index contributed by atoms with van der Waals surface area (Å²) in [5.74, 6) is -0.0960. The van der Waals surface area contributed by atoms with Gasteiger partial charge in [-0.2, -0.15) is 0 Å². The van der Waals surface area contributed by atoms with Crippen molar-refractivity contribution >= 4 is 34.8 Å². The van der Waals surface area contributed by atoms with Gasteiger partial charge in [0.25, 0.3) is 11.8 Å². The number of hydrogen-bond donors (Lipinski definition) is 2. The Morgan fingerprint density at radius 1 is 0.879 bits per heavy atom. The lowest BCUT2D eigenvalue weighted by molar-refractivity contribution is 0.0949. The number of anilines is 1. The smallest absolute Gasteiger partial charge is 0.261 e. The second-order valence-electron chi connectivity index (χ2n) is 7.35. The Bertz CT molecular complexity index is 1120. The van der Waals surface area contributed by atoms with Gasteiger partial charge < -0.3 is 15.0 Å². The largest absolute Gasteiger partial charge is 0.493 e. The highest BCUT2D eigenvalue weighted by Crippen LogP contribution is 2.21. The number of ether oxygens (including phenoxy) is 1. The highest BCUT2D eigenvalue weighted by atomic mass is 32.1. The lowest BCUT2D eigenvalue weighted by atomic mass is 10.1. The zero-order chi connectivity index (χ0) is 23.6.